The number of nitrogens with zero attached hydrogens (tertiary/aromatic N) is 2. The molecular formula is C14H18N4O. The average Bonchev–Trinajstić information content (AvgIpc) is 2.38. The molecule has 100 valence electrons. The number of nitrogen functional groups attached to an aromatic ring is 2. The van der Waals surface area contributed by atoms with Crippen molar-refractivity contribution >= 4 is 11.8 Å². The molecule has 1 heterocycles. The van der Waals surface area contributed by atoms with Gasteiger partial charge in [-0.1, -0.05) is 18.2 Å². The summed E-state index contributed by atoms with van der Waals surface area (Å²) in [6.07, 6.45) is 3.30. The molecule has 0 amide bonds. The summed E-state index contributed by atoms with van der Waals surface area (Å²) < 4.78 is 5.72. The van der Waals surface area contributed by atoms with Crippen LogP contribution in [0.15, 0.2) is 30.5 Å². The first-order valence-corrected chi connectivity index (χ1v) is 6.22. The maximum Gasteiger partial charge on any atom is 0.221 e. The highest BCUT2D eigenvalue weighted by Crippen LogP contribution is 2.17. The molecule has 0 fully saturated rings. The van der Waals surface area contributed by atoms with Gasteiger partial charge in [-0.2, -0.15) is 4.98 Å². The van der Waals surface area contributed by atoms with Gasteiger partial charge in [0.25, 0.3) is 0 Å². The smallest absolute Gasteiger partial charge is 0.221 e. The Morgan fingerprint density at radius 1 is 1.21 bits per heavy atom. The van der Waals surface area contributed by atoms with Gasteiger partial charge in [0.05, 0.1) is 6.61 Å². The van der Waals surface area contributed by atoms with Gasteiger partial charge in [0.1, 0.15) is 11.6 Å². The molecule has 2 rings (SSSR count). The molecule has 0 aliphatic heterocycles. The number of hydrogen-bond acceptors (Lipinski definition) is 5. The van der Waals surface area contributed by atoms with E-state index in [1.165, 1.54) is 0 Å². The molecule has 0 radical (unpaired) electrons. The van der Waals surface area contributed by atoms with Gasteiger partial charge in [0.2, 0.25) is 5.95 Å². The molecule has 5 heteroatoms. The SMILES string of the molecule is Cc1ccccc1OCCCc1cnc(N)nc1N. The Hall–Kier alpha value is -2.30. The molecule has 1 aromatic heterocycles. The molecule has 0 saturated carbocycles. The van der Waals surface area contributed by atoms with Crippen molar-refractivity contribution in [3.63, 3.8) is 0 Å². The van der Waals surface area contributed by atoms with E-state index in [4.69, 9.17) is 16.2 Å². The molecule has 0 spiro atoms. The molecule has 0 unspecified atom stereocenters. The van der Waals surface area contributed by atoms with Crippen molar-refractivity contribution in [3.8, 4) is 5.75 Å². The highest BCUT2D eigenvalue weighted by Gasteiger charge is 2.03. The van der Waals surface area contributed by atoms with Crippen LogP contribution in [0.2, 0.25) is 0 Å². The number of nitrogens with two attached hydrogens (primary N) is 2. The maximum absolute atomic E-state index is 5.77. The van der Waals surface area contributed by atoms with E-state index >= 15 is 0 Å². The quantitative estimate of drug-likeness (QED) is 0.800. The third kappa shape index (κ3) is 3.58. The number of ether oxygens (including phenoxy) is 1. The summed E-state index contributed by atoms with van der Waals surface area (Å²) in [5.41, 5.74) is 13.3. The van der Waals surface area contributed by atoms with Crippen molar-refractivity contribution in [1.29, 1.82) is 0 Å². The lowest BCUT2D eigenvalue weighted by Gasteiger charge is -2.09. The van der Waals surface area contributed by atoms with Gasteiger partial charge < -0.3 is 16.2 Å². The van der Waals surface area contributed by atoms with Gasteiger partial charge >= 0.3 is 0 Å². The molecule has 0 atom stereocenters. The van der Waals surface area contributed by atoms with Gasteiger partial charge in [0.15, 0.2) is 0 Å². The first kappa shape index (κ1) is 13.1. The normalized spacial score (nSPS) is 10.4. The number of benzene rings is 1. The number of hydrogen-bond donors (Lipinski definition) is 2. The highest BCUT2D eigenvalue weighted by atomic mass is 16.5. The molecule has 0 aliphatic rings. The van der Waals surface area contributed by atoms with Gasteiger partial charge in [-0.05, 0) is 31.4 Å². The standard InChI is InChI=1S/C14H18N4O/c1-10-5-2-3-7-12(10)19-8-4-6-11-9-17-14(16)18-13(11)15/h2-3,5,7,9H,4,6,8H2,1H3,(H4,15,16,17,18). The Bertz CT molecular complexity index is 557. The lowest BCUT2D eigenvalue weighted by Crippen LogP contribution is -2.06. The molecule has 19 heavy (non-hydrogen) atoms. The fourth-order valence-electron chi connectivity index (χ4n) is 1.79. The summed E-state index contributed by atoms with van der Waals surface area (Å²) in [6.45, 7) is 2.66. The zero-order valence-electron chi connectivity index (χ0n) is 11.0. The largest absolute Gasteiger partial charge is 0.493 e. The van der Waals surface area contributed by atoms with Crippen LogP contribution in [-0.4, -0.2) is 16.6 Å². The van der Waals surface area contributed by atoms with Crippen LogP contribution in [0.5, 0.6) is 5.75 Å². The molecule has 0 saturated heterocycles. The summed E-state index contributed by atoms with van der Waals surface area (Å²) in [6, 6.07) is 7.96. The van der Waals surface area contributed by atoms with Crippen molar-refractivity contribution in [1.82, 2.24) is 9.97 Å². The van der Waals surface area contributed by atoms with E-state index in [2.05, 4.69) is 9.97 Å². The molecule has 4 N–H and O–H groups in total. The first-order chi connectivity index (χ1) is 9.16. The Morgan fingerprint density at radius 3 is 2.74 bits per heavy atom. The van der Waals surface area contributed by atoms with Crippen LogP contribution < -0.4 is 16.2 Å². The van der Waals surface area contributed by atoms with Crippen LogP contribution in [0.25, 0.3) is 0 Å². The molecule has 5 nitrogen and oxygen atoms in total. The Labute approximate surface area is 112 Å². The molecule has 1 aromatic carbocycles. The number of aryl methyl sites for hydroxylation is 2. The molecule has 2 aromatic rings. The Morgan fingerprint density at radius 2 is 2.00 bits per heavy atom. The number of rotatable bonds is 5. The second kappa shape index (κ2) is 6.04. The van der Waals surface area contributed by atoms with Crippen molar-refractivity contribution < 1.29 is 4.74 Å². The fourth-order valence-corrected chi connectivity index (χ4v) is 1.79. The average molecular weight is 258 g/mol. The van der Waals surface area contributed by atoms with E-state index in [1.807, 2.05) is 31.2 Å². The second-order valence-corrected chi connectivity index (χ2v) is 4.36. The monoisotopic (exact) mass is 258 g/mol. The predicted octanol–water partition coefficient (Wildman–Crippen LogP) is 1.96. The number of aromatic nitrogens is 2. The van der Waals surface area contributed by atoms with Gasteiger partial charge in [-0.25, -0.2) is 4.98 Å². The van der Waals surface area contributed by atoms with Crippen LogP contribution in [0.4, 0.5) is 11.8 Å². The van der Waals surface area contributed by atoms with Crippen LogP contribution in [0, 0.1) is 6.92 Å². The first-order valence-electron chi connectivity index (χ1n) is 6.22. The summed E-state index contributed by atoms with van der Waals surface area (Å²) >= 11 is 0. The minimum Gasteiger partial charge on any atom is -0.493 e. The third-order valence-electron chi connectivity index (χ3n) is 2.86. The maximum atomic E-state index is 5.77. The van der Waals surface area contributed by atoms with E-state index < -0.39 is 0 Å². The van der Waals surface area contributed by atoms with Crippen LogP contribution in [-0.2, 0) is 6.42 Å². The van der Waals surface area contributed by atoms with Gasteiger partial charge in [-0.15, -0.1) is 0 Å². The summed E-state index contributed by atoms with van der Waals surface area (Å²) in [4.78, 5) is 7.87. The Balaban J connectivity index is 1.83. The van der Waals surface area contributed by atoms with Crippen molar-refractivity contribution in [2.24, 2.45) is 0 Å². The van der Waals surface area contributed by atoms with Crippen molar-refractivity contribution in [3.05, 3.63) is 41.6 Å². The molecular weight excluding hydrogens is 240 g/mol. The van der Waals surface area contributed by atoms with Crippen LogP contribution in [0.1, 0.15) is 17.5 Å². The van der Waals surface area contributed by atoms with E-state index in [0.717, 1.165) is 29.7 Å². The van der Waals surface area contributed by atoms with Crippen molar-refractivity contribution in [2.45, 2.75) is 19.8 Å². The fraction of sp³-hybridized carbons (Fsp3) is 0.286. The van der Waals surface area contributed by atoms with Crippen molar-refractivity contribution in [2.75, 3.05) is 18.1 Å². The summed E-state index contributed by atoms with van der Waals surface area (Å²) in [7, 11) is 0. The predicted molar refractivity (Wildman–Crippen MR) is 75.9 cm³/mol. The lowest BCUT2D eigenvalue weighted by atomic mass is 10.2. The number of para-hydroxylation sites is 1. The Kier molecular flexibility index (Phi) is 4.18. The van der Waals surface area contributed by atoms with Gasteiger partial charge in [-0.3, -0.25) is 0 Å². The van der Waals surface area contributed by atoms with E-state index in [-0.39, 0.29) is 5.95 Å². The van der Waals surface area contributed by atoms with Crippen LogP contribution >= 0.6 is 0 Å². The van der Waals surface area contributed by atoms with E-state index in [9.17, 15) is 0 Å². The summed E-state index contributed by atoms with van der Waals surface area (Å²) in [5.74, 6) is 1.57. The lowest BCUT2D eigenvalue weighted by molar-refractivity contribution is 0.309. The zero-order chi connectivity index (χ0) is 13.7. The molecule has 0 bridgehead atoms. The highest BCUT2D eigenvalue weighted by molar-refractivity contribution is 5.41. The summed E-state index contributed by atoms with van der Waals surface area (Å²) in [5, 5.41) is 0. The second-order valence-electron chi connectivity index (χ2n) is 4.36. The third-order valence-corrected chi connectivity index (χ3v) is 2.86. The van der Waals surface area contributed by atoms with E-state index in [1.54, 1.807) is 6.20 Å². The van der Waals surface area contributed by atoms with Gasteiger partial charge in [0, 0.05) is 11.8 Å². The minimum atomic E-state index is 0.206. The topological polar surface area (TPSA) is 87.0 Å². The molecule has 0 aliphatic carbocycles. The minimum absolute atomic E-state index is 0.206. The zero-order valence-corrected chi connectivity index (χ0v) is 11.0. The number of anilines is 2. The van der Waals surface area contributed by atoms with E-state index in [0.29, 0.717) is 12.4 Å². The van der Waals surface area contributed by atoms with Crippen LogP contribution in [0.3, 0.4) is 0 Å².